The van der Waals surface area contributed by atoms with Crippen molar-refractivity contribution in [3.05, 3.63) is 35.4 Å². The number of hydrogen-bond donors (Lipinski definition) is 1. The second-order valence-corrected chi connectivity index (χ2v) is 6.83. The minimum absolute atomic E-state index is 0.0658. The van der Waals surface area contributed by atoms with E-state index < -0.39 is 11.6 Å². The van der Waals surface area contributed by atoms with E-state index in [2.05, 4.69) is 19.2 Å². The lowest BCUT2D eigenvalue weighted by Gasteiger charge is -2.50. The summed E-state index contributed by atoms with van der Waals surface area (Å²) in [4.78, 5) is 0. The Balaban J connectivity index is 1.86. The van der Waals surface area contributed by atoms with Crippen LogP contribution in [0, 0.1) is 17.0 Å². The third-order valence-electron chi connectivity index (χ3n) is 4.71. The van der Waals surface area contributed by atoms with Gasteiger partial charge in [0.25, 0.3) is 0 Å². The van der Waals surface area contributed by atoms with Crippen molar-refractivity contribution in [2.75, 3.05) is 6.54 Å². The third-order valence-corrected chi connectivity index (χ3v) is 4.71. The van der Waals surface area contributed by atoms with Gasteiger partial charge in [-0.05, 0) is 48.8 Å². The lowest BCUT2D eigenvalue weighted by molar-refractivity contribution is 0.113. The Kier molecular flexibility index (Phi) is 2.93. The second kappa shape index (κ2) is 4.27. The molecule has 1 spiro atoms. The average Bonchev–Trinajstić information content (AvgIpc) is 3.02. The fourth-order valence-corrected chi connectivity index (χ4v) is 3.60. The zero-order valence-electron chi connectivity index (χ0n) is 11.6. The lowest BCUT2D eigenvalue weighted by Crippen LogP contribution is -2.51. The molecule has 1 N–H and O–H groups in total. The number of halogens is 2. The van der Waals surface area contributed by atoms with E-state index in [4.69, 9.17) is 0 Å². The van der Waals surface area contributed by atoms with Crippen LogP contribution in [0.1, 0.15) is 45.1 Å². The molecule has 0 unspecified atom stereocenters. The molecule has 19 heavy (non-hydrogen) atoms. The van der Waals surface area contributed by atoms with Crippen LogP contribution in [0.2, 0.25) is 0 Å². The summed E-state index contributed by atoms with van der Waals surface area (Å²) >= 11 is 0. The molecular formula is C16H21F2N. The fraction of sp³-hybridized carbons (Fsp3) is 0.625. The summed E-state index contributed by atoms with van der Waals surface area (Å²) in [5.41, 5.74) is 1.27. The van der Waals surface area contributed by atoms with E-state index in [0.29, 0.717) is 11.5 Å². The topological polar surface area (TPSA) is 12.0 Å². The molecule has 2 fully saturated rings. The normalized spacial score (nSPS) is 22.6. The Bertz CT molecular complexity index is 463. The van der Waals surface area contributed by atoms with Crippen LogP contribution in [0.5, 0.6) is 0 Å². The van der Waals surface area contributed by atoms with Crippen molar-refractivity contribution in [3.8, 4) is 0 Å². The Morgan fingerprint density at radius 2 is 1.68 bits per heavy atom. The molecule has 2 aliphatic carbocycles. The maximum absolute atomic E-state index is 13.5. The minimum atomic E-state index is -0.462. The Morgan fingerprint density at radius 1 is 1.11 bits per heavy atom. The zero-order valence-corrected chi connectivity index (χ0v) is 11.6. The number of hydrogen-bond acceptors (Lipinski definition) is 1. The molecule has 3 heteroatoms. The van der Waals surface area contributed by atoms with Crippen molar-refractivity contribution < 1.29 is 8.78 Å². The van der Waals surface area contributed by atoms with Gasteiger partial charge in [0, 0.05) is 24.1 Å². The zero-order chi connectivity index (χ0) is 13.7. The molecule has 1 aromatic carbocycles. The van der Waals surface area contributed by atoms with Crippen molar-refractivity contribution >= 4 is 0 Å². The molecule has 0 atom stereocenters. The van der Waals surface area contributed by atoms with Gasteiger partial charge in [0.1, 0.15) is 11.6 Å². The molecule has 1 aromatic rings. The molecule has 0 aliphatic heterocycles. The van der Waals surface area contributed by atoms with Crippen molar-refractivity contribution in [1.82, 2.24) is 5.32 Å². The first kappa shape index (κ1) is 13.0. The molecule has 0 heterocycles. The maximum Gasteiger partial charge on any atom is 0.126 e. The molecular weight excluding hydrogens is 244 g/mol. The van der Waals surface area contributed by atoms with Gasteiger partial charge < -0.3 is 5.32 Å². The molecule has 2 aliphatic rings. The van der Waals surface area contributed by atoms with Crippen LogP contribution in [-0.2, 0) is 5.41 Å². The van der Waals surface area contributed by atoms with Crippen LogP contribution in [-0.4, -0.2) is 12.6 Å². The molecule has 1 nitrogen and oxygen atoms in total. The minimum Gasteiger partial charge on any atom is -0.314 e. The largest absolute Gasteiger partial charge is 0.314 e. The summed E-state index contributed by atoms with van der Waals surface area (Å²) in [5.74, 6) is -0.925. The van der Waals surface area contributed by atoms with E-state index in [1.165, 1.54) is 25.0 Å². The summed E-state index contributed by atoms with van der Waals surface area (Å²) in [5, 5.41) is 3.45. The number of rotatable bonds is 4. The number of nitrogens with one attached hydrogen (secondary N) is 1. The van der Waals surface area contributed by atoms with Gasteiger partial charge >= 0.3 is 0 Å². The van der Waals surface area contributed by atoms with Crippen LogP contribution in [0.25, 0.3) is 0 Å². The van der Waals surface area contributed by atoms with E-state index in [9.17, 15) is 8.78 Å². The van der Waals surface area contributed by atoms with Gasteiger partial charge in [0.2, 0.25) is 0 Å². The van der Waals surface area contributed by atoms with E-state index in [1.54, 1.807) is 0 Å². The van der Waals surface area contributed by atoms with E-state index in [-0.39, 0.29) is 5.41 Å². The van der Waals surface area contributed by atoms with Gasteiger partial charge in [0.15, 0.2) is 0 Å². The van der Waals surface area contributed by atoms with Crippen molar-refractivity contribution in [3.63, 3.8) is 0 Å². The highest BCUT2D eigenvalue weighted by Crippen LogP contribution is 2.68. The maximum atomic E-state index is 13.5. The second-order valence-electron chi connectivity index (χ2n) is 6.83. The molecule has 0 amide bonds. The Hall–Kier alpha value is -0.960. The van der Waals surface area contributed by atoms with E-state index in [1.807, 2.05) is 0 Å². The summed E-state index contributed by atoms with van der Waals surface area (Å²) < 4.78 is 26.9. The standard InChI is InChI=1S/C16H21F2N/c1-11(2)19-10-16(8-15(9-16)3-4-15)12-5-13(17)7-14(18)6-12/h5-7,11,19H,3-4,8-10H2,1-2H3. The van der Waals surface area contributed by atoms with E-state index >= 15 is 0 Å². The van der Waals surface area contributed by atoms with E-state index in [0.717, 1.165) is 31.0 Å². The summed E-state index contributed by atoms with van der Waals surface area (Å²) in [6, 6.07) is 4.38. The molecule has 3 rings (SSSR count). The van der Waals surface area contributed by atoms with Crippen LogP contribution >= 0.6 is 0 Å². The fourth-order valence-electron chi connectivity index (χ4n) is 3.60. The van der Waals surface area contributed by atoms with Gasteiger partial charge in [0.05, 0.1) is 0 Å². The SMILES string of the molecule is CC(C)NCC1(c2cc(F)cc(F)c2)CC2(CC2)C1. The Morgan fingerprint density at radius 3 is 2.16 bits per heavy atom. The first-order chi connectivity index (χ1) is 8.93. The quantitative estimate of drug-likeness (QED) is 0.873. The Labute approximate surface area is 113 Å². The van der Waals surface area contributed by atoms with Crippen molar-refractivity contribution in [2.24, 2.45) is 5.41 Å². The summed E-state index contributed by atoms with van der Waals surface area (Å²) in [6.07, 6.45) is 4.72. The van der Waals surface area contributed by atoms with Crippen LogP contribution in [0.15, 0.2) is 18.2 Å². The highest BCUT2D eigenvalue weighted by molar-refractivity contribution is 5.34. The average molecular weight is 265 g/mol. The van der Waals surface area contributed by atoms with Crippen LogP contribution in [0.3, 0.4) is 0 Å². The van der Waals surface area contributed by atoms with Gasteiger partial charge in [-0.3, -0.25) is 0 Å². The number of benzene rings is 1. The molecule has 0 saturated heterocycles. The molecule has 104 valence electrons. The first-order valence-corrected chi connectivity index (χ1v) is 7.13. The van der Waals surface area contributed by atoms with Crippen LogP contribution < -0.4 is 5.32 Å². The van der Waals surface area contributed by atoms with Crippen molar-refractivity contribution in [1.29, 1.82) is 0 Å². The predicted octanol–water partition coefficient (Wildman–Crippen LogP) is 3.77. The predicted molar refractivity (Wildman–Crippen MR) is 72.1 cm³/mol. The smallest absolute Gasteiger partial charge is 0.126 e. The summed E-state index contributed by atoms with van der Waals surface area (Å²) in [7, 11) is 0. The molecule has 0 aromatic heterocycles. The van der Waals surface area contributed by atoms with Crippen molar-refractivity contribution in [2.45, 2.75) is 51.0 Å². The molecule has 2 saturated carbocycles. The summed E-state index contributed by atoms with van der Waals surface area (Å²) in [6.45, 7) is 5.02. The van der Waals surface area contributed by atoms with Crippen LogP contribution in [0.4, 0.5) is 8.78 Å². The highest BCUT2D eigenvalue weighted by atomic mass is 19.1. The third kappa shape index (κ3) is 2.40. The lowest BCUT2D eigenvalue weighted by atomic mass is 9.56. The van der Waals surface area contributed by atoms with Gasteiger partial charge in [-0.2, -0.15) is 0 Å². The van der Waals surface area contributed by atoms with Gasteiger partial charge in [-0.1, -0.05) is 13.8 Å². The van der Waals surface area contributed by atoms with Gasteiger partial charge in [-0.15, -0.1) is 0 Å². The molecule has 0 radical (unpaired) electrons. The monoisotopic (exact) mass is 265 g/mol. The molecule has 0 bridgehead atoms. The van der Waals surface area contributed by atoms with Gasteiger partial charge in [-0.25, -0.2) is 8.78 Å². The highest BCUT2D eigenvalue weighted by Gasteiger charge is 2.61. The first-order valence-electron chi connectivity index (χ1n) is 7.13.